The summed E-state index contributed by atoms with van der Waals surface area (Å²) in [5, 5.41) is 22.6. The van der Waals surface area contributed by atoms with E-state index in [4.69, 9.17) is 26.2 Å². The highest BCUT2D eigenvalue weighted by molar-refractivity contribution is 6.30. The fourth-order valence-corrected chi connectivity index (χ4v) is 3.69. The number of carbonyl (C=O) groups is 2. The third-order valence-corrected chi connectivity index (χ3v) is 5.26. The number of aliphatic hydroxyl groups is 1. The zero-order chi connectivity index (χ0) is 21.3. The number of anilines is 1. The van der Waals surface area contributed by atoms with Crippen molar-refractivity contribution in [2.45, 2.75) is 6.04 Å². The second-order valence-electron chi connectivity index (χ2n) is 6.88. The molecule has 0 spiro atoms. The predicted octanol–water partition coefficient (Wildman–Crippen LogP) is 2.74. The van der Waals surface area contributed by atoms with Crippen LogP contribution in [0.25, 0.3) is 5.76 Å². The molecule has 0 saturated heterocycles. The van der Waals surface area contributed by atoms with E-state index in [1.54, 1.807) is 30.3 Å². The minimum absolute atomic E-state index is 0.0436. The first-order valence-electron chi connectivity index (χ1n) is 9.24. The molecule has 0 bridgehead atoms. The van der Waals surface area contributed by atoms with Crippen LogP contribution in [0.5, 0.6) is 5.75 Å². The zero-order valence-electron chi connectivity index (χ0n) is 15.8. The fourth-order valence-electron chi connectivity index (χ4n) is 3.57. The number of amides is 1. The lowest BCUT2D eigenvalue weighted by Gasteiger charge is -2.40. The van der Waals surface area contributed by atoms with Crippen LogP contribution in [0.2, 0.25) is 5.02 Å². The number of aliphatic carboxylic acids is 1. The number of carbonyl (C=O) groups excluding carboxylic acids is 1. The van der Waals surface area contributed by atoms with Crippen LogP contribution in [0, 0.1) is 0 Å². The normalized spacial score (nSPS) is 20.4. The van der Waals surface area contributed by atoms with E-state index in [1.165, 1.54) is 0 Å². The lowest BCUT2D eigenvalue weighted by Crippen LogP contribution is -2.40. The Morgan fingerprint density at radius 2 is 1.97 bits per heavy atom. The average Bonchev–Trinajstić information content (AvgIpc) is 2.73. The van der Waals surface area contributed by atoms with Gasteiger partial charge in [-0.3, -0.25) is 9.59 Å². The van der Waals surface area contributed by atoms with Gasteiger partial charge in [-0.25, -0.2) is 0 Å². The number of halogens is 1. The summed E-state index contributed by atoms with van der Waals surface area (Å²) >= 11 is 6.01. The maximum atomic E-state index is 12.4. The lowest BCUT2D eigenvalue weighted by atomic mass is 9.99. The average molecular weight is 431 g/mol. The van der Waals surface area contributed by atoms with Crippen molar-refractivity contribution in [3.63, 3.8) is 0 Å². The highest BCUT2D eigenvalue weighted by Gasteiger charge is 2.34. The van der Waals surface area contributed by atoms with E-state index < -0.39 is 18.4 Å². The molecule has 3 N–H and O–H groups in total. The van der Waals surface area contributed by atoms with Gasteiger partial charge in [0.2, 0.25) is 0 Å². The van der Waals surface area contributed by atoms with E-state index >= 15 is 0 Å². The van der Waals surface area contributed by atoms with E-state index in [-0.39, 0.29) is 30.7 Å². The molecule has 4 rings (SSSR count). The number of nitrogens with zero attached hydrogens (tertiary/aromatic N) is 1. The van der Waals surface area contributed by atoms with E-state index in [0.717, 1.165) is 5.56 Å². The predicted molar refractivity (Wildman–Crippen MR) is 110 cm³/mol. The summed E-state index contributed by atoms with van der Waals surface area (Å²) in [5.41, 5.74) is 1.93. The number of aliphatic hydroxyl groups excluding tert-OH is 1. The van der Waals surface area contributed by atoms with Crippen LogP contribution < -0.4 is 15.0 Å². The van der Waals surface area contributed by atoms with E-state index in [9.17, 15) is 14.7 Å². The first kappa shape index (κ1) is 20.1. The Hall–Kier alpha value is -3.23. The van der Waals surface area contributed by atoms with Crippen molar-refractivity contribution < 1.29 is 29.3 Å². The molecule has 0 saturated carbocycles. The Bertz CT molecular complexity index is 1020. The van der Waals surface area contributed by atoms with Gasteiger partial charge in [0, 0.05) is 10.6 Å². The van der Waals surface area contributed by atoms with Crippen molar-refractivity contribution in [2.75, 3.05) is 31.4 Å². The van der Waals surface area contributed by atoms with Crippen molar-refractivity contribution in [1.82, 2.24) is 5.32 Å². The van der Waals surface area contributed by atoms with Gasteiger partial charge in [0.15, 0.2) is 0 Å². The van der Waals surface area contributed by atoms with Gasteiger partial charge in [-0.15, -0.1) is 0 Å². The number of para-hydroxylation sites is 1. The molecule has 2 aromatic carbocycles. The molecule has 9 heteroatoms. The van der Waals surface area contributed by atoms with E-state index in [0.29, 0.717) is 28.6 Å². The molecule has 0 radical (unpaired) electrons. The van der Waals surface area contributed by atoms with Crippen LogP contribution in [0.1, 0.15) is 17.2 Å². The third-order valence-electron chi connectivity index (χ3n) is 5.01. The molecule has 0 aliphatic carbocycles. The second-order valence-corrected chi connectivity index (χ2v) is 7.32. The minimum atomic E-state index is -1.18. The summed E-state index contributed by atoms with van der Waals surface area (Å²) in [6.07, 6.45) is 0. The third kappa shape index (κ3) is 3.79. The molecule has 2 heterocycles. The molecule has 2 aliphatic heterocycles. The maximum absolute atomic E-state index is 12.4. The SMILES string of the molecule is O=C(O)CNC(=O)/C1=C(\O)c2cccc3c2N(COC1)C(c1ccc(Cl)cc1)CO3. The van der Waals surface area contributed by atoms with Gasteiger partial charge < -0.3 is 29.9 Å². The van der Waals surface area contributed by atoms with Gasteiger partial charge in [-0.1, -0.05) is 29.8 Å². The van der Waals surface area contributed by atoms with Gasteiger partial charge in [0.05, 0.1) is 23.9 Å². The Morgan fingerprint density at radius 3 is 2.70 bits per heavy atom. The molecule has 1 amide bonds. The molecule has 0 aromatic heterocycles. The Labute approximate surface area is 177 Å². The highest BCUT2D eigenvalue weighted by Crippen LogP contribution is 2.44. The van der Waals surface area contributed by atoms with Crippen LogP contribution in [0.15, 0.2) is 48.0 Å². The maximum Gasteiger partial charge on any atom is 0.322 e. The first-order valence-corrected chi connectivity index (χ1v) is 9.61. The zero-order valence-corrected chi connectivity index (χ0v) is 16.6. The number of hydrogen-bond acceptors (Lipinski definition) is 6. The topological polar surface area (TPSA) is 108 Å². The number of benzene rings is 2. The van der Waals surface area contributed by atoms with Gasteiger partial charge in [0.1, 0.15) is 31.4 Å². The van der Waals surface area contributed by atoms with Crippen molar-refractivity contribution in [3.8, 4) is 5.75 Å². The van der Waals surface area contributed by atoms with Crippen molar-refractivity contribution in [3.05, 3.63) is 64.2 Å². The van der Waals surface area contributed by atoms with Crippen LogP contribution in [0.3, 0.4) is 0 Å². The smallest absolute Gasteiger partial charge is 0.322 e. The van der Waals surface area contributed by atoms with Crippen molar-refractivity contribution >= 4 is 34.9 Å². The molecule has 1 atom stereocenters. The molecule has 2 aromatic rings. The monoisotopic (exact) mass is 430 g/mol. The van der Waals surface area contributed by atoms with Gasteiger partial charge in [-0.2, -0.15) is 0 Å². The Kier molecular flexibility index (Phi) is 5.52. The number of nitrogens with one attached hydrogen (secondary N) is 1. The lowest BCUT2D eigenvalue weighted by molar-refractivity contribution is -0.137. The van der Waals surface area contributed by atoms with Crippen LogP contribution in [-0.2, 0) is 14.3 Å². The van der Waals surface area contributed by atoms with Crippen molar-refractivity contribution in [1.29, 1.82) is 0 Å². The molecule has 0 fully saturated rings. The number of carboxylic acids is 1. The highest BCUT2D eigenvalue weighted by atomic mass is 35.5. The molecule has 1 unspecified atom stereocenters. The standard InChI is InChI=1S/C21H19ClN2O6/c22-13-6-4-12(5-7-13)16-10-30-17-3-1-2-14-19(17)24(16)11-29-9-15(20(14)27)21(28)23-8-18(25)26/h1-7,16,27H,8-11H2,(H,23,28)(H,25,26)/b20-15-. The Morgan fingerprint density at radius 1 is 1.20 bits per heavy atom. The summed E-state index contributed by atoms with van der Waals surface area (Å²) in [6.45, 7) is -0.219. The first-order chi connectivity index (χ1) is 14.5. The van der Waals surface area contributed by atoms with Crippen LogP contribution >= 0.6 is 11.6 Å². The number of hydrogen-bond donors (Lipinski definition) is 3. The molecule has 156 valence electrons. The second kappa shape index (κ2) is 8.25. The molecular weight excluding hydrogens is 412 g/mol. The number of rotatable bonds is 4. The fraction of sp³-hybridized carbons (Fsp3) is 0.238. The summed E-state index contributed by atoms with van der Waals surface area (Å²) in [4.78, 5) is 25.2. The van der Waals surface area contributed by atoms with Gasteiger partial charge in [0.25, 0.3) is 5.91 Å². The largest absolute Gasteiger partial charge is 0.507 e. The Balaban J connectivity index is 1.76. The van der Waals surface area contributed by atoms with Gasteiger partial charge >= 0.3 is 5.97 Å². The van der Waals surface area contributed by atoms with Gasteiger partial charge in [-0.05, 0) is 29.8 Å². The van der Waals surface area contributed by atoms with Crippen LogP contribution in [-0.4, -0.2) is 48.6 Å². The molecule has 8 nitrogen and oxygen atoms in total. The molecule has 2 aliphatic rings. The van der Waals surface area contributed by atoms with E-state index in [2.05, 4.69) is 5.32 Å². The minimum Gasteiger partial charge on any atom is -0.507 e. The summed E-state index contributed by atoms with van der Waals surface area (Å²) < 4.78 is 11.7. The van der Waals surface area contributed by atoms with E-state index in [1.807, 2.05) is 17.0 Å². The number of ether oxygens (including phenoxy) is 2. The quantitative estimate of drug-likeness (QED) is 0.684. The number of carboxylic acid groups (broad SMARTS) is 1. The van der Waals surface area contributed by atoms with Crippen molar-refractivity contribution in [2.24, 2.45) is 0 Å². The van der Waals surface area contributed by atoms with Crippen LogP contribution in [0.4, 0.5) is 5.69 Å². The summed E-state index contributed by atoms with van der Waals surface area (Å²) in [6, 6.07) is 12.4. The summed E-state index contributed by atoms with van der Waals surface area (Å²) in [5.74, 6) is -1.61. The summed E-state index contributed by atoms with van der Waals surface area (Å²) in [7, 11) is 0. The molecule has 30 heavy (non-hydrogen) atoms. The molecular formula is C21H19ClN2O6.